The van der Waals surface area contributed by atoms with E-state index in [0.29, 0.717) is 22.1 Å². The lowest BCUT2D eigenvalue weighted by Gasteiger charge is -2.47. The first-order chi connectivity index (χ1) is 28.1. The first-order valence-corrected chi connectivity index (χ1v) is 21.0. The number of aliphatic hydroxyl groups is 1. The predicted molar refractivity (Wildman–Crippen MR) is 216 cm³/mol. The number of ketones is 2. The molecule has 332 valence electrons. The van der Waals surface area contributed by atoms with Gasteiger partial charge in [0.05, 0.1) is 17.8 Å². The van der Waals surface area contributed by atoms with Crippen LogP contribution in [-0.2, 0) is 54.3 Å². The minimum absolute atomic E-state index is 0.00611. The third-order valence-corrected chi connectivity index (χ3v) is 13.3. The molecule has 0 amide bonds. The van der Waals surface area contributed by atoms with Gasteiger partial charge in [0, 0.05) is 43.0 Å². The maximum absolute atomic E-state index is 16.9. The van der Waals surface area contributed by atoms with Crippen LogP contribution >= 0.6 is 11.3 Å². The number of alkyl halides is 1. The number of nitrogens with zero attached hydrogens (tertiary/aromatic N) is 5. The molecule has 2 aromatic heterocycles. The molecule has 0 spiro atoms. The number of likely N-dealkylation sites (N-methyl/N-ethyl adjacent to an activating group) is 1. The number of rotatable bonds is 10. The molecule has 3 aliphatic rings. The van der Waals surface area contributed by atoms with Gasteiger partial charge in [-0.25, -0.2) is 9.18 Å². The van der Waals surface area contributed by atoms with Gasteiger partial charge in [0.1, 0.15) is 29.6 Å². The Morgan fingerprint density at radius 3 is 2.42 bits per heavy atom. The number of oxime groups is 1. The van der Waals surface area contributed by atoms with Crippen molar-refractivity contribution in [2.75, 3.05) is 21.2 Å². The third kappa shape index (κ3) is 9.25. The molecule has 3 aliphatic heterocycles. The van der Waals surface area contributed by atoms with Gasteiger partial charge in [-0.2, -0.15) is 0 Å². The summed E-state index contributed by atoms with van der Waals surface area (Å²) in [4.78, 5) is 68.4. The van der Waals surface area contributed by atoms with E-state index in [1.54, 1.807) is 60.1 Å². The highest BCUT2D eigenvalue weighted by atomic mass is 32.1. The van der Waals surface area contributed by atoms with Crippen LogP contribution in [0.15, 0.2) is 29.6 Å². The lowest BCUT2D eigenvalue weighted by molar-refractivity contribution is -0.295. The van der Waals surface area contributed by atoms with Crippen molar-refractivity contribution in [3.63, 3.8) is 0 Å². The zero-order valence-electron chi connectivity index (χ0n) is 36.1. The van der Waals surface area contributed by atoms with E-state index in [4.69, 9.17) is 34.3 Å². The van der Waals surface area contributed by atoms with Gasteiger partial charge in [-0.1, -0.05) is 50.3 Å². The van der Waals surface area contributed by atoms with Crippen LogP contribution in [0.2, 0.25) is 0 Å². The van der Waals surface area contributed by atoms with Gasteiger partial charge in [-0.05, 0) is 73.2 Å². The summed E-state index contributed by atoms with van der Waals surface area (Å²) >= 11 is 1.22. The van der Waals surface area contributed by atoms with E-state index in [0.717, 1.165) is 6.92 Å². The molecule has 0 radical (unpaired) electrons. The van der Waals surface area contributed by atoms with Crippen LogP contribution in [-0.4, -0.2) is 129 Å². The van der Waals surface area contributed by atoms with E-state index in [2.05, 4.69) is 20.3 Å². The fourth-order valence-corrected chi connectivity index (χ4v) is 9.79. The molecule has 2 aromatic rings. The first kappa shape index (κ1) is 47.0. The number of pyridine rings is 1. The van der Waals surface area contributed by atoms with Crippen LogP contribution < -0.4 is 5.73 Å². The van der Waals surface area contributed by atoms with Crippen molar-refractivity contribution in [1.29, 1.82) is 0 Å². The second-order valence-electron chi connectivity index (χ2n) is 17.0. The minimum Gasteiger partial charge on any atom is -0.455 e. The molecule has 19 heteroatoms. The number of hydrogen-bond donors (Lipinski definition) is 2. The molecule has 60 heavy (non-hydrogen) atoms. The smallest absolute Gasteiger partial charge is 0.351 e. The lowest BCUT2D eigenvalue weighted by atomic mass is 9.67. The number of cyclic esters (lactones) is 1. The van der Waals surface area contributed by atoms with Crippen molar-refractivity contribution in [2.24, 2.45) is 40.5 Å². The molecule has 3 fully saturated rings. The van der Waals surface area contributed by atoms with Gasteiger partial charge in [-0.15, -0.1) is 10.2 Å². The Morgan fingerprint density at radius 2 is 1.80 bits per heavy atom. The summed E-state index contributed by atoms with van der Waals surface area (Å²) in [5.74, 6) is -10.0. The van der Waals surface area contributed by atoms with E-state index < -0.39 is 88.8 Å². The summed E-state index contributed by atoms with van der Waals surface area (Å²) in [5, 5.41) is 24.7. The van der Waals surface area contributed by atoms with Crippen molar-refractivity contribution in [2.45, 2.75) is 135 Å². The Kier molecular flexibility index (Phi) is 14.5. The number of aromatic nitrogens is 3. The Morgan fingerprint density at radius 1 is 1.10 bits per heavy atom. The molecule has 5 rings (SSSR count). The molecule has 0 aromatic carbocycles. The van der Waals surface area contributed by atoms with Crippen molar-refractivity contribution >= 4 is 40.7 Å². The number of esters is 2. The van der Waals surface area contributed by atoms with Gasteiger partial charge in [0.2, 0.25) is 0 Å². The average molecular weight is 863 g/mol. The van der Waals surface area contributed by atoms with Gasteiger partial charge in [-0.3, -0.25) is 19.4 Å². The van der Waals surface area contributed by atoms with E-state index >= 15 is 4.39 Å². The van der Waals surface area contributed by atoms with Gasteiger partial charge < -0.3 is 44.3 Å². The van der Waals surface area contributed by atoms with Crippen molar-refractivity contribution < 1.29 is 57.2 Å². The number of aliphatic hydroxyl groups excluding tert-OH is 1. The predicted octanol–water partition coefficient (Wildman–Crippen LogP) is 3.65. The third-order valence-electron chi connectivity index (χ3n) is 12.4. The van der Waals surface area contributed by atoms with Crippen molar-refractivity contribution in [3.8, 4) is 10.7 Å². The number of fused-ring (bicyclic) bond motifs is 1. The molecule has 0 bridgehead atoms. The first-order valence-electron chi connectivity index (χ1n) is 20.2. The number of ether oxygens (including phenoxy) is 5. The topological polar surface area (TPSA) is 224 Å². The quantitative estimate of drug-likeness (QED) is 0.114. The number of methoxy groups -OCH3 is 1. The van der Waals surface area contributed by atoms with Gasteiger partial charge in [0.15, 0.2) is 40.1 Å². The van der Waals surface area contributed by atoms with Crippen LogP contribution in [0.25, 0.3) is 10.7 Å². The van der Waals surface area contributed by atoms with Crippen molar-refractivity contribution in [3.05, 3.63) is 29.4 Å². The summed E-state index contributed by atoms with van der Waals surface area (Å²) in [6.07, 6.45) is -3.52. The van der Waals surface area contributed by atoms with Crippen LogP contribution in [0.5, 0.6) is 0 Å². The molecular formula is C41H59FN6O11S. The largest absolute Gasteiger partial charge is 0.455 e. The van der Waals surface area contributed by atoms with Crippen LogP contribution in [0.4, 0.5) is 4.39 Å². The van der Waals surface area contributed by atoms with E-state index in [1.807, 2.05) is 17.9 Å². The highest BCUT2D eigenvalue weighted by Crippen LogP contribution is 2.48. The maximum Gasteiger partial charge on any atom is 0.351 e. The Labute approximate surface area is 353 Å². The van der Waals surface area contributed by atoms with E-state index in [1.165, 1.54) is 32.3 Å². The number of Topliss-reactive ketones (excluding diaryl/α,β-unsaturated/α-hetero) is 2. The summed E-state index contributed by atoms with van der Waals surface area (Å²) < 4.78 is 47.3. The molecule has 3 N–H and O–H groups in total. The summed E-state index contributed by atoms with van der Waals surface area (Å²) in [5.41, 5.74) is 0.608. The summed E-state index contributed by atoms with van der Waals surface area (Å²) in [6.45, 7) is 11.9. The molecule has 5 heterocycles. The zero-order valence-corrected chi connectivity index (χ0v) is 36.9. The van der Waals surface area contributed by atoms with Crippen LogP contribution in [0, 0.1) is 29.6 Å². The molecule has 0 saturated carbocycles. The molecule has 17 nitrogen and oxygen atoms in total. The van der Waals surface area contributed by atoms with E-state index in [9.17, 15) is 24.3 Å². The highest BCUT2D eigenvalue weighted by Gasteiger charge is 2.63. The number of amidine groups is 1. The number of halogens is 1. The van der Waals surface area contributed by atoms with Crippen LogP contribution in [0.3, 0.4) is 0 Å². The molecule has 14 atom stereocenters. The zero-order chi connectivity index (χ0) is 44.5. The SMILES string of the molecule is CC[C@@H]1OC(=O)[C@@](C)(F)C(=O)[C@H](C)[C@@H](OC2O[C@H](C)C[C@H](N(C)C)[C@H]2O)[C@](C)(OC)C[C@@H](C)C(=O)[C@H](C)[C@H]2[C@H](/C(N)=N/OCc3nnc(-c4ccccn4)s3)C(=O)O[C@@]21C. The number of carbonyl (C=O) groups is 4. The lowest BCUT2D eigenvalue weighted by Crippen LogP contribution is -2.61. The fraction of sp³-hybridized carbons (Fsp3) is 0.707. The Bertz CT molecular complexity index is 1900. The number of nitrogens with two attached hydrogens (primary N) is 1. The van der Waals surface area contributed by atoms with Gasteiger partial charge in [0.25, 0.3) is 5.67 Å². The van der Waals surface area contributed by atoms with Crippen molar-refractivity contribution in [1.82, 2.24) is 20.1 Å². The fourth-order valence-electron chi connectivity index (χ4n) is 9.07. The minimum atomic E-state index is -3.24. The second-order valence-corrected chi connectivity index (χ2v) is 18.1. The van der Waals surface area contributed by atoms with Crippen LogP contribution in [0.1, 0.15) is 79.7 Å². The summed E-state index contributed by atoms with van der Waals surface area (Å²) in [7, 11) is 4.97. The molecule has 3 saturated heterocycles. The molecule has 0 aliphatic carbocycles. The molecular weight excluding hydrogens is 804 g/mol. The monoisotopic (exact) mass is 862 g/mol. The highest BCUT2D eigenvalue weighted by molar-refractivity contribution is 7.14. The number of hydrogen-bond acceptors (Lipinski definition) is 17. The Hall–Kier alpha value is -4.01. The molecule has 1 unspecified atom stereocenters. The number of carbonyl (C=O) groups excluding carboxylic acids is 4. The maximum atomic E-state index is 16.9. The second kappa shape index (κ2) is 18.5. The van der Waals surface area contributed by atoms with E-state index in [-0.39, 0.29) is 43.2 Å². The summed E-state index contributed by atoms with van der Waals surface area (Å²) in [6, 6.07) is 4.99. The Balaban J connectivity index is 1.52. The normalized spacial score (nSPS) is 38.6. The average Bonchev–Trinajstić information content (AvgIpc) is 3.79. The standard InChI is InChI=1S/C41H59FN6O11S/c1-12-26-41(8)29(28(36(52)59-41)34(43)47-55-19-27-45-46-35(60-27)24-15-13-14-16-44-24)22(4)30(49)20(2)18-39(6,54-11)33(23(5)32(51)40(7,42)38(53)57-26)58-37-31(50)25(48(9)10)17-21(3)56-37/h13-16,20-23,25-26,28-29,31,33,37,50H,12,17-19H2,1-11H3,(H2,43,47)/t20-,21-,22-,23+,25+,26+,28-,29+,31-,33-,37?,39-,40+,41-/m1/s1. The van der Waals surface area contributed by atoms with Gasteiger partial charge >= 0.3 is 11.9 Å².